The summed E-state index contributed by atoms with van der Waals surface area (Å²) in [4.78, 5) is 14.2. The molecule has 1 rings (SSSR count). The summed E-state index contributed by atoms with van der Waals surface area (Å²) in [6, 6.07) is 1.48. The summed E-state index contributed by atoms with van der Waals surface area (Å²) in [5, 5.41) is 9.01. The highest BCUT2D eigenvalue weighted by Crippen LogP contribution is 2.36. The molecule has 19 heavy (non-hydrogen) atoms. The van der Waals surface area contributed by atoms with Gasteiger partial charge in [0.2, 0.25) is 5.69 Å². The van der Waals surface area contributed by atoms with Crippen LogP contribution in [-0.4, -0.2) is 11.1 Å². The average Bonchev–Trinajstić information content (AvgIpc) is 2.27. The molecule has 1 N–H and O–H groups in total. The van der Waals surface area contributed by atoms with Crippen LogP contribution in [0.25, 0.3) is 4.85 Å². The molecule has 0 amide bonds. The number of halogens is 1. The summed E-state index contributed by atoms with van der Waals surface area (Å²) in [7, 11) is 0. The summed E-state index contributed by atoms with van der Waals surface area (Å²) >= 11 is 0. The predicted octanol–water partition coefficient (Wildman–Crippen LogP) is 4.25. The van der Waals surface area contributed by atoms with E-state index in [9.17, 15) is 9.18 Å². The largest absolute Gasteiger partial charge is 0.481 e. The lowest BCUT2D eigenvalue weighted by Crippen LogP contribution is -2.11. The van der Waals surface area contributed by atoms with E-state index >= 15 is 0 Å². The van der Waals surface area contributed by atoms with E-state index < -0.39 is 11.8 Å². The molecule has 0 bridgehead atoms. The smallest absolute Gasteiger partial charge is 0.307 e. The van der Waals surface area contributed by atoms with Gasteiger partial charge in [0.1, 0.15) is 5.82 Å². The second-order valence-corrected chi connectivity index (χ2v) is 5.18. The van der Waals surface area contributed by atoms with E-state index in [2.05, 4.69) is 4.85 Å². The number of benzene rings is 1. The third-order valence-corrected chi connectivity index (χ3v) is 3.07. The number of hydrogen-bond acceptors (Lipinski definition) is 1. The van der Waals surface area contributed by atoms with Crippen LogP contribution in [0, 0.1) is 12.4 Å². The lowest BCUT2D eigenvalue weighted by atomic mass is 9.86. The number of carboxylic acid groups (broad SMARTS) is 1. The number of nitrogens with zero attached hydrogens (tertiary/aromatic N) is 1. The summed E-state index contributed by atoms with van der Waals surface area (Å²) in [5.74, 6) is -1.68. The minimum absolute atomic E-state index is 0.0264. The van der Waals surface area contributed by atoms with Gasteiger partial charge in [-0.3, -0.25) is 4.79 Å². The van der Waals surface area contributed by atoms with Gasteiger partial charge in [0.15, 0.2) is 0 Å². The molecule has 1 aromatic carbocycles. The minimum atomic E-state index is -0.987. The Kier molecular flexibility index (Phi) is 4.66. The number of rotatable bonds is 4. The van der Waals surface area contributed by atoms with Gasteiger partial charge in [-0.15, -0.1) is 0 Å². The van der Waals surface area contributed by atoms with Gasteiger partial charge >= 0.3 is 5.97 Å². The van der Waals surface area contributed by atoms with E-state index in [-0.39, 0.29) is 23.9 Å². The highest BCUT2D eigenvalue weighted by molar-refractivity contribution is 5.73. The summed E-state index contributed by atoms with van der Waals surface area (Å²) in [5.41, 5.74) is 1.60. The van der Waals surface area contributed by atoms with E-state index in [0.717, 1.165) is 5.56 Å². The summed E-state index contributed by atoms with van der Waals surface area (Å²) in [6.45, 7) is 14.5. The molecule has 0 heterocycles. The van der Waals surface area contributed by atoms with Crippen LogP contribution in [0.1, 0.15) is 56.2 Å². The fourth-order valence-electron chi connectivity index (χ4n) is 2.27. The Morgan fingerprint density at radius 3 is 2.32 bits per heavy atom. The molecule has 0 radical (unpaired) electrons. The van der Waals surface area contributed by atoms with Gasteiger partial charge < -0.3 is 5.11 Å². The summed E-state index contributed by atoms with van der Waals surface area (Å²) < 4.78 is 14.3. The molecule has 4 heteroatoms. The van der Waals surface area contributed by atoms with Crippen LogP contribution in [0.15, 0.2) is 6.07 Å². The van der Waals surface area contributed by atoms with Gasteiger partial charge in [0.05, 0.1) is 13.0 Å². The first kappa shape index (κ1) is 15.2. The molecule has 0 aliphatic carbocycles. The molecule has 0 fully saturated rings. The average molecular weight is 263 g/mol. The molecule has 0 aromatic heterocycles. The normalized spacial score (nSPS) is 10.8. The number of carbonyl (C=O) groups is 1. The molecule has 0 spiro atoms. The molecule has 3 nitrogen and oxygen atoms in total. The van der Waals surface area contributed by atoms with Gasteiger partial charge in [0.25, 0.3) is 0 Å². The monoisotopic (exact) mass is 263 g/mol. The zero-order valence-electron chi connectivity index (χ0n) is 11.6. The van der Waals surface area contributed by atoms with Crippen molar-refractivity contribution in [3.05, 3.63) is 40.0 Å². The topological polar surface area (TPSA) is 41.7 Å². The second kappa shape index (κ2) is 5.83. The Morgan fingerprint density at radius 2 is 1.95 bits per heavy atom. The van der Waals surface area contributed by atoms with E-state index in [1.165, 1.54) is 6.07 Å². The third kappa shape index (κ3) is 3.11. The van der Waals surface area contributed by atoms with Crippen LogP contribution < -0.4 is 0 Å². The molecule has 0 aliphatic rings. The summed E-state index contributed by atoms with van der Waals surface area (Å²) in [6.07, 6.45) is -0.212. The molecule has 0 aliphatic heterocycles. The molecular weight excluding hydrogens is 245 g/mol. The van der Waals surface area contributed by atoms with Gasteiger partial charge in [0, 0.05) is 0 Å². The van der Waals surface area contributed by atoms with Gasteiger partial charge in [-0.05, 0) is 29.0 Å². The zero-order chi connectivity index (χ0) is 14.7. The van der Waals surface area contributed by atoms with Crippen molar-refractivity contribution in [2.24, 2.45) is 0 Å². The standard InChI is InChI=1S/C15H18FNO2/c1-8(2)10-6-12(17-5)15(16)14(9(3)4)11(10)7-13(18)19/h6,8-9H,7H2,1-4H3,(H,18,19). The van der Waals surface area contributed by atoms with Crippen LogP contribution in [0.2, 0.25) is 0 Å². The molecule has 1 aromatic rings. The zero-order valence-corrected chi connectivity index (χ0v) is 11.6. The lowest BCUT2D eigenvalue weighted by Gasteiger charge is -2.20. The Bertz CT molecular complexity index is 542. The molecule has 0 atom stereocenters. The van der Waals surface area contributed by atoms with Crippen molar-refractivity contribution in [1.29, 1.82) is 0 Å². The van der Waals surface area contributed by atoms with E-state index in [4.69, 9.17) is 11.7 Å². The minimum Gasteiger partial charge on any atom is -0.481 e. The van der Waals surface area contributed by atoms with Crippen molar-refractivity contribution in [2.45, 2.75) is 46.0 Å². The highest BCUT2D eigenvalue weighted by Gasteiger charge is 2.23. The highest BCUT2D eigenvalue weighted by atomic mass is 19.1. The Labute approximate surface area is 112 Å². The van der Waals surface area contributed by atoms with Crippen LogP contribution >= 0.6 is 0 Å². The number of carboxylic acids is 1. The second-order valence-electron chi connectivity index (χ2n) is 5.18. The van der Waals surface area contributed by atoms with Crippen LogP contribution in [-0.2, 0) is 11.2 Å². The van der Waals surface area contributed by atoms with E-state index in [1.807, 2.05) is 27.7 Å². The number of aliphatic carboxylic acids is 1. The lowest BCUT2D eigenvalue weighted by molar-refractivity contribution is -0.136. The van der Waals surface area contributed by atoms with E-state index in [0.29, 0.717) is 11.1 Å². The van der Waals surface area contributed by atoms with Crippen molar-refractivity contribution in [1.82, 2.24) is 0 Å². The molecule has 0 saturated carbocycles. The first-order valence-electron chi connectivity index (χ1n) is 6.24. The Balaban J connectivity index is 3.68. The fourth-order valence-corrected chi connectivity index (χ4v) is 2.27. The molecule has 0 saturated heterocycles. The Morgan fingerprint density at radius 1 is 1.37 bits per heavy atom. The van der Waals surface area contributed by atoms with Gasteiger partial charge in [-0.25, -0.2) is 9.24 Å². The van der Waals surface area contributed by atoms with Crippen LogP contribution in [0.5, 0.6) is 0 Å². The maximum atomic E-state index is 14.3. The van der Waals surface area contributed by atoms with E-state index in [1.54, 1.807) is 0 Å². The first-order valence-corrected chi connectivity index (χ1v) is 6.24. The van der Waals surface area contributed by atoms with Gasteiger partial charge in [-0.1, -0.05) is 33.3 Å². The maximum absolute atomic E-state index is 14.3. The molecule has 0 unspecified atom stereocenters. The van der Waals surface area contributed by atoms with Crippen molar-refractivity contribution in [3.8, 4) is 0 Å². The first-order chi connectivity index (χ1) is 8.79. The fraction of sp³-hybridized carbons (Fsp3) is 0.467. The predicted molar refractivity (Wildman–Crippen MR) is 72.2 cm³/mol. The van der Waals surface area contributed by atoms with Gasteiger partial charge in [-0.2, -0.15) is 0 Å². The number of hydrogen-bond donors (Lipinski definition) is 1. The molecular formula is C15H18FNO2. The maximum Gasteiger partial charge on any atom is 0.307 e. The Hall–Kier alpha value is -1.89. The third-order valence-electron chi connectivity index (χ3n) is 3.07. The van der Waals surface area contributed by atoms with Crippen LogP contribution in [0.3, 0.4) is 0 Å². The van der Waals surface area contributed by atoms with Crippen molar-refractivity contribution in [2.75, 3.05) is 0 Å². The van der Waals surface area contributed by atoms with Crippen molar-refractivity contribution in [3.63, 3.8) is 0 Å². The van der Waals surface area contributed by atoms with Crippen molar-refractivity contribution < 1.29 is 14.3 Å². The van der Waals surface area contributed by atoms with Crippen molar-refractivity contribution >= 4 is 11.7 Å². The molecule has 102 valence electrons. The van der Waals surface area contributed by atoms with Crippen LogP contribution in [0.4, 0.5) is 10.1 Å². The quantitative estimate of drug-likeness (QED) is 0.825. The SMILES string of the molecule is [C-]#[N+]c1cc(C(C)C)c(CC(=O)O)c(C(C)C)c1F.